The van der Waals surface area contributed by atoms with E-state index in [0.717, 1.165) is 0 Å². The molecule has 0 aliphatic rings. The maximum atomic E-state index is 12.5. The third-order valence-corrected chi connectivity index (χ3v) is 4.99. The van der Waals surface area contributed by atoms with Gasteiger partial charge in [-0.1, -0.05) is 30.3 Å². The van der Waals surface area contributed by atoms with Crippen LogP contribution in [0.15, 0.2) is 53.4 Å². The molecular formula is C16H18O4S. The third kappa shape index (κ3) is 3.83. The van der Waals surface area contributed by atoms with E-state index in [1.54, 1.807) is 55.6 Å². The van der Waals surface area contributed by atoms with E-state index < -0.39 is 9.84 Å². The highest BCUT2D eigenvalue weighted by molar-refractivity contribution is 7.90. The molecule has 0 amide bonds. The quantitative estimate of drug-likeness (QED) is 0.888. The Morgan fingerprint density at radius 2 is 1.71 bits per heavy atom. The molecule has 21 heavy (non-hydrogen) atoms. The number of hydrogen-bond donors (Lipinski definition) is 1. The molecule has 112 valence electrons. The highest BCUT2D eigenvalue weighted by Crippen LogP contribution is 2.22. The lowest BCUT2D eigenvalue weighted by atomic mass is 10.2. The van der Waals surface area contributed by atoms with Crippen LogP contribution in [0.1, 0.15) is 11.1 Å². The molecule has 0 aliphatic heterocycles. The normalized spacial score (nSPS) is 11.3. The van der Waals surface area contributed by atoms with E-state index in [9.17, 15) is 8.42 Å². The summed E-state index contributed by atoms with van der Waals surface area (Å²) in [6, 6.07) is 13.8. The van der Waals surface area contributed by atoms with Crippen LogP contribution >= 0.6 is 0 Å². The van der Waals surface area contributed by atoms with E-state index in [4.69, 9.17) is 9.84 Å². The van der Waals surface area contributed by atoms with Crippen LogP contribution in [0.3, 0.4) is 0 Å². The van der Waals surface area contributed by atoms with Crippen LogP contribution in [0.5, 0.6) is 5.75 Å². The lowest BCUT2D eigenvalue weighted by molar-refractivity contribution is 0.298. The van der Waals surface area contributed by atoms with Gasteiger partial charge in [-0.15, -0.1) is 0 Å². The molecule has 0 unspecified atom stereocenters. The average Bonchev–Trinajstić information content (AvgIpc) is 2.48. The number of aliphatic hydroxyl groups excluding tert-OH is 1. The van der Waals surface area contributed by atoms with E-state index in [1.807, 2.05) is 0 Å². The zero-order valence-corrected chi connectivity index (χ0v) is 12.6. The topological polar surface area (TPSA) is 63.6 Å². The SMILES string of the molecule is COc1ccc(CS(=O)(=O)c2ccccc2CCO)cc1. The Kier molecular flexibility index (Phi) is 4.98. The van der Waals surface area contributed by atoms with Gasteiger partial charge in [-0.3, -0.25) is 0 Å². The Hall–Kier alpha value is -1.85. The fourth-order valence-corrected chi connectivity index (χ4v) is 3.80. The smallest absolute Gasteiger partial charge is 0.182 e. The van der Waals surface area contributed by atoms with Crippen molar-refractivity contribution in [1.82, 2.24) is 0 Å². The van der Waals surface area contributed by atoms with Gasteiger partial charge >= 0.3 is 0 Å². The molecule has 0 aromatic heterocycles. The summed E-state index contributed by atoms with van der Waals surface area (Å²) in [6.45, 7) is -0.0743. The maximum Gasteiger partial charge on any atom is 0.182 e. The average molecular weight is 306 g/mol. The van der Waals surface area contributed by atoms with Gasteiger partial charge in [-0.2, -0.15) is 0 Å². The van der Waals surface area contributed by atoms with Crippen molar-refractivity contribution in [2.75, 3.05) is 13.7 Å². The predicted octanol–water partition coefficient (Wildman–Crippen LogP) is 2.20. The van der Waals surface area contributed by atoms with E-state index in [-0.39, 0.29) is 17.3 Å². The minimum atomic E-state index is -3.44. The molecule has 4 nitrogen and oxygen atoms in total. The Morgan fingerprint density at radius 3 is 2.33 bits per heavy atom. The van der Waals surface area contributed by atoms with Crippen LogP contribution in [0, 0.1) is 0 Å². The molecule has 0 fully saturated rings. The Morgan fingerprint density at radius 1 is 1.05 bits per heavy atom. The van der Waals surface area contributed by atoms with E-state index in [1.165, 1.54) is 0 Å². The highest BCUT2D eigenvalue weighted by atomic mass is 32.2. The molecule has 0 saturated carbocycles. The molecule has 1 N–H and O–H groups in total. The molecule has 0 radical (unpaired) electrons. The second-order valence-electron chi connectivity index (χ2n) is 4.69. The van der Waals surface area contributed by atoms with Crippen LogP contribution in [0.25, 0.3) is 0 Å². The Labute approximate surface area is 124 Å². The first-order valence-corrected chi connectivity index (χ1v) is 8.26. The molecule has 0 aliphatic carbocycles. The van der Waals surface area contributed by atoms with Crippen molar-refractivity contribution in [1.29, 1.82) is 0 Å². The van der Waals surface area contributed by atoms with Gasteiger partial charge in [0.2, 0.25) is 0 Å². The van der Waals surface area contributed by atoms with Crippen molar-refractivity contribution in [2.45, 2.75) is 17.1 Å². The summed E-state index contributed by atoms with van der Waals surface area (Å²) in [4.78, 5) is 0.287. The molecule has 0 spiro atoms. The van der Waals surface area contributed by atoms with Crippen molar-refractivity contribution in [2.24, 2.45) is 0 Å². The molecule has 0 atom stereocenters. The second-order valence-corrected chi connectivity index (χ2v) is 6.65. The van der Waals surface area contributed by atoms with Gasteiger partial charge in [0.25, 0.3) is 0 Å². The van der Waals surface area contributed by atoms with Gasteiger partial charge < -0.3 is 9.84 Å². The molecule has 0 bridgehead atoms. The zero-order chi connectivity index (χ0) is 15.3. The number of benzene rings is 2. The van der Waals surface area contributed by atoms with Gasteiger partial charge in [0.15, 0.2) is 9.84 Å². The lowest BCUT2D eigenvalue weighted by Crippen LogP contribution is -2.09. The van der Waals surface area contributed by atoms with E-state index >= 15 is 0 Å². The predicted molar refractivity (Wildman–Crippen MR) is 81.1 cm³/mol. The van der Waals surface area contributed by atoms with Crippen LogP contribution < -0.4 is 4.74 Å². The van der Waals surface area contributed by atoms with Gasteiger partial charge in [-0.25, -0.2) is 8.42 Å². The monoisotopic (exact) mass is 306 g/mol. The third-order valence-electron chi connectivity index (χ3n) is 3.20. The second kappa shape index (κ2) is 6.74. The summed E-state index contributed by atoms with van der Waals surface area (Å²) in [5.74, 6) is 0.622. The van der Waals surface area contributed by atoms with E-state index in [0.29, 0.717) is 23.3 Å². The van der Waals surface area contributed by atoms with Crippen molar-refractivity contribution in [3.63, 3.8) is 0 Å². The van der Waals surface area contributed by atoms with Gasteiger partial charge in [0, 0.05) is 6.61 Å². The first kappa shape index (κ1) is 15.5. The summed E-state index contributed by atoms with van der Waals surface area (Å²) in [7, 11) is -1.87. The van der Waals surface area contributed by atoms with Crippen LogP contribution in [-0.2, 0) is 22.0 Å². The van der Waals surface area contributed by atoms with Crippen LogP contribution in [0.2, 0.25) is 0 Å². The molecule has 2 aromatic rings. The molecule has 2 rings (SSSR count). The van der Waals surface area contributed by atoms with Gasteiger partial charge in [0.1, 0.15) is 5.75 Å². The summed E-state index contributed by atoms with van der Waals surface area (Å²) in [5, 5.41) is 9.05. The summed E-state index contributed by atoms with van der Waals surface area (Å²) in [6.07, 6.45) is 0.331. The first-order valence-electron chi connectivity index (χ1n) is 6.61. The van der Waals surface area contributed by atoms with Crippen molar-refractivity contribution >= 4 is 9.84 Å². The Balaban J connectivity index is 2.29. The largest absolute Gasteiger partial charge is 0.497 e. The highest BCUT2D eigenvalue weighted by Gasteiger charge is 2.18. The van der Waals surface area contributed by atoms with Gasteiger partial charge in [-0.05, 0) is 35.7 Å². The minimum absolute atomic E-state index is 0.0700. The number of rotatable bonds is 6. The summed E-state index contributed by atoms with van der Waals surface area (Å²) in [5.41, 5.74) is 1.35. The standard InChI is InChI=1S/C16H18O4S/c1-20-15-8-6-13(7-9-15)12-21(18,19)16-5-3-2-4-14(16)10-11-17/h2-9,17H,10-12H2,1H3. The number of aliphatic hydroxyl groups is 1. The molecular weight excluding hydrogens is 288 g/mol. The number of sulfone groups is 1. The van der Waals surface area contributed by atoms with E-state index in [2.05, 4.69) is 0 Å². The molecule has 2 aromatic carbocycles. The van der Waals surface area contributed by atoms with Crippen molar-refractivity contribution < 1.29 is 18.3 Å². The van der Waals surface area contributed by atoms with Gasteiger partial charge in [0.05, 0.1) is 17.8 Å². The lowest BCUT2D eigenvalue weighted by Gasteiger charge is -2.10. The fourth-order valence-electron chi connectivity index (χ4n) is 2.15. The van der Waals surface area contributed by atoms with Crippen LogP contribution in [0.4, 0.5) is 0 Å². The van der Waals surface area contributed by atoms with Crippen molar-refractivity contribution in [3.05, 3.63) is 59.7 Å². The van der Waals surface area contributed by atoms with Crippen LogP contribution in [-0.4, -0.2) is 27.2 Å². The fraction of sp³-hybridized carbons (Fsp3) is 0.250. The number of hydrogen-bond acceptors (Lipinski definition) is 4. The minimum Gasteiger partial charge on any atom is -0.497 e. The summed E-state index contributed by atoms with van der Waals surface area (Å²) >= 11 is 0. The molecule has 0 heterocycles. The zero-order valence-electron chi connectivity index (χ0n) is 11.8. The number of ether oxygens (including phenoxy) is 1. The Bertz CT molecular complexity index is 690. The summed E-state index contributed by atoms with van der Waals surface area (Å²) < 4.78 is 30.1. The molecule has 5 heteroatoms. The molecule has 0 saturated heterocycles. The maximum absolute atomic E-state index is 12.5. The van der Waals surface area contributed by atoms with Crippen molar-refractivity contribution in [3.8, 4) is 5.75 Å². The number of methoxy groups -OCH3 is 1. The first-order chi connectivity index (χ1) is 10.1.